The molecular formula is C12H25N3O. The molecule has 0 aliphatic carbocycles. The monoisotopic (exact) mass is 227 g/mol. The Hall–Kier alpha value is -0.610. The van der Waals surface area contributed by atoms with E-state index in [1.54, 1.807) is 0 Å². The van der Waals surface area contributed by atoms with Crippen LogP contribution >= 0.6 is 0 Å². The second kappa shape index (κ2) is 6.21. The number of hydrazine groups is 1. The molecular weight excluding hydrogens is 202 g/mol. The maximum Gasteiger partial charge on any atom is 0.238 e. The van der Waals surface area contributed by atoms with Crippen LogP contribution in [0.3, 0.4) is 0 Å². The molecule has 1 fully saturated rings. The summed E-state index contributed by atoms with van der Waals surface area (Å²) in [7, 11) is 0. The number of nitrogens with one attached hydrogen (secondary N) is 1. The highest BCUT2D eigenvalue weighted by Crippen LogP contribution is 2.20. The Bertz CT molecular complexity index is 232. The van der Waals surface area contributed by atoms with Gasteiger partial charge < -0.3 is 0 Å². The molecule has 1 rings (SSSR count). The molecule has 0 aromatic heterocycles. The predicted octanol–water partition coefficient (Wildman–Crippen LogP) is 1.12. The normalized spacial score (nSPS) is 26.9. The number of amides is 1. The molecule has 1 amide bonds. The molecule has 4 heteroatoms. The zero-order valence-corrected chi connectivity index (χ0v) is 10.7. The van der Waals surface area contributed by atoms with Crippen LogP contribution in [0.4, 0.5) is 0 Å². The number of nitrogens with zero attached hydrogens (tertiary/aromatic N) is 1. The van der Waals surface area contributed by atoms with Gasteiger partial charge in [0.15, 0.2) is 0 Å². The van der Waals surface area contributed by atoms with Gasteiger partial charge in [-0.2, -0.15) is 0 Å². The van der Waals surface area contributed by atoms with Crippen molar-refractivity contribution < 1.29 is 4.79 Å². The molecule has 0 aromatic rings. The van der Waals surface area contributed by atoms with Crippen molar-refractivity contribution in [2.75, 3.05) is 13.1 Å². The summed E-state index contributed by atoms with van der Waals surface area (Å²) in [4.78, 5) is 13.9. The third kappa shape index (κ3) is 3.46. The summed E-state index contributed by atoms with van der Waals surface area (Å²) in [5.74, 6) is 5.88. The number of hydrogen-bond donors (Lipinski definition) is 2. The third-order valence-electron chi connectivity index (χ3n) is 3.91. The molecule has 0 radical (unpaired) electrons. The summed E-state index contributed by atoms with van der Waals surface area (Å²) in [6.45, 7) is 8.58. The lowest BCUT2D eigenvalue weighted by Gasteiger charge is -2.31. The lowest BCUT2D eigenvalue weighted by atomic mass is 10.0. The van der Waals surface area contributed by atoms with Gasteiger partial charge in [-0.3, -0.25) is 15.1 Å². The van der Waals surface area contributed by atoms with Gasteiger partial charge in [0.25, 0.3) is 0 Å². The van der Waals surface area contributed by atoms with E-state index in [9.17, 15) is 4.79 Å². The van der Waals surface area contributed by atoms with Crippen molar-refractivity contribution in [2.24, 2.45) is 17.7 Å². The Morgan fingerprint density at radius 1 is 1.38 bits per heavy atom. The highest BCUT2D eigenvalue weighted by Gasteiger charge is 2.26. The van der Waals surface area contributed by atoms with E-state index in [-0.39, 0.29) is 17.9 Å². The Balaban J connectivity index is 2.52. The van der Waals surface area contributed by atoms with Gasteiger partial charge >= 0.3 is 0 Å². The van der Waals surface area contributed by atoms with E-state index in [4.69, 9.17) is 5.84 Å². The van der Waals surface area contributed by atoms with E-state index in [2.05, 4.69) is 24.2 Å². The van der Waals surface area contributed by atoms with Gasteiger partial charge in [-0.1, -0.05) is 13.8 Å². The van der Waals surface area contributed by atoms with Crippen molar-refractivity contribution in [3.63, 3.8) is 0 Å². The zero-order valence-electron chi connectivity index (χ0n) is 10.7. The molecule has 3 atom stereocenters. The molecule has 0 aromatic carbocycles. The number of hydrogen-bond acceptors (Lipinski definition) is 3. The van der Waals surface area contributed by atoms with E-state index in [1.165, 1.54) is 19.3 Å². The van der Waals surface area contributed by atoms with Crippen LogP contribution in [0, 0.1) is 11.8 Å². The predicted molar refractivity (Wildman–Crippen MR) is 65.5 cm³/mol. The maximum atomic E-state index is 11.5. The van der Waals surface area contributed by atoms with Crippen molar-refractivity contribution in [2.45, 2.75) is 46.1 Å². The summed E-state index contributed by atoms with van der Waals surface area (Å²) >= 11 is 0. The van der Waals surface area contributed by atoms with E-state index < -0.39 is 0 Å². The minimum atomic E-state index is -0.0650. The summed E-state index contributed by atoms with van der Waals surface area (Å²) in [5, 5.41) is 0. The molecule has 0 bridgehead atoms. The average molecular weight is 227 g/mol. The molecule has 3 unspecified atom stereocenters. The van der Waals surface area contributed by atoms with Crippen molar-refractivity contribution in [3.05, 3.63) is 0 Å². The molecule has 1 saturated heterocycles. The molecule has 3 N–H and O–H groups in total. The van der Waals surface area contributed by atoms with E-state index in [1.807, 2.05) is 6.92 Å². The third-order valence-corrected chi connectivity index (χ3v) is 3.91. The van der Waals surface area contributed by atoms with E-state index in [0.29, 0.717) is 0 Å². The molecule has 1 aliphatic heterocycles. The maximum absolute atomic E-state index is 11.5. The highest BCUT2D eigenvalue weighted by molar-refractivity contribution is 5.78. The van der Waals surface area contributed by atoms with Crippen LogP contribution in [0.2, 0.25) is 0 Å². The van der Waals surface area contributed by atoms with Crippen LogP contribution < -0.4 is 11.3 Å². The van der Waals surface area contributed by atoms with Gasteiger partial charge in [0.1, 0.15) is 0 Å². The molecule has 4 nitrogen and oxygen atoms in total. The molecule has 1 heterocycles. The van der Waals surface area contributed by atoms with Gasteiger partial charge in [-0.15, -0.1) is 0 Å². The van der Waals surface area contributed by atoms with Crippen molar-refractivity contribution in [1.82, 2.24) is 10.3 Å². The molecule has 94 valence electrons. The first kappa shape index (κ1) is 13.5. The number of likely N-dealkylation sites (tertiary alicyclic amines) is 1. The Kier molecular flexibility index (Phi) is 5.22. The Morgan fingerprint density at radius 3 is 2.69 bits per heavy atom. The van der Waals surface area contributed by atoms with Gasteiger partial charge in [-0.05, 0) is 45.2 Å². The standard InChI is InChI=1S/C12H25N3O/c1-9-5-4-7-15(8-6-9)11(3)10(2)12(16)14-13/h9-11H,4-8,13H2,1-3H3,(H,14,16). The first-order valence-corrected chi connectivity index (χ1v) is 6.30. The fourth-order valence-corrected chi connectivity index (χ4v) is 2.36. The second-order valence-corrected chi connectivity index (χ2v) is 5.11. The van der Waals surface area contributed by atoms with Gasteiger partial charge in [0.2, 0.25) is 5.91 Å². The number of nitrogens with two attached hydrogens (primary N) is 1. The highest BCUT2D eigenvalue weighted by atomic mass is 16.2. The number of carbonyl (C=O) groups is 1. The Morgan fingerprint density at radius 2 is 2.06 bits per heavy atom. The van der Waals surface area contributed by atoms with Crippen LogP contribution in [0.5, 0.6) is 0 Å². The van der Waals surface area contributed by atoms with Crippen LogP contribution in [0.15, 0.2) is 0 Å². The summed E-state index contributed by atoms with van der Waals surface area (Å²) in [6.07, 6.45) is 3.78. The SMILES string of the molecule is CC1CCCN(C(C)C(C)C(=O)NN)CC1. The topological polar surface area (TPSA) is 58.4 Å². The molecule has 0 spiro atoms. The fourth-order valence-electron chi connectivity index (χ4n) is 2.36. The molecule has 1 aliphatic rings. The minimum Gasteiger partial charge on any atom is -0.300 e. The van der Waals surface area contributed by atoms with Crippen molar-refractivity contribution in [1.29, 1.82) is 0 Å². The smallest absolute Gasteiger partial charge is 0.238 e. The summed E-state index contributed by atoms with van der Waals surface area (Å²) in [5.41, 5.74) is 2.24. The average Bonchev–Trinajstić information content (AvgIpc) is 2.51. The van der Waals surface area contributed by atoms with Crippen molar-refractivity contribution in [3.8, 4) is 0 Å². The lowest BCUT2D eigenvalue weighted by molar-refractivity contribution is -0.126. The number of rotatable bonds is 3. The van der Waals surface area contributed by atoms with Crippen molar-refractivity contribution >= 4 is 5.91 Å². The van der Waals surface area contributed by atoms with E-state index in [0.717, 1.165) is 19.0 Å². The van der Waals surface area contributed by atoms with Crippen LogP contribution in [0.1, 0.15) is 40.0 Å². The number of carbonyl (C=O) groups excluding carboxylic acids is 1. The van der Waals surface area contributed by atoms with Gasteiger partial charge in [-0.25, -0.2) is 5.84 Å². The van der Waals surface area contributed by atoms with E-state index >= 15 is 0 Å². The first-order chi connectivity index (χ1) is 7.56. The van der Waals surface area contributed by atoms with Crippen LogP contribution in [-0.2, 0) is 4.79 Å². The largest absolute Gasteiger partial charge is 0.300 e. The molecule has 0 saturated carbocycles. The zero-order chi connectivity index (χ0) is 12.1. The van der Waals surface area contributed by atoms with Crippen LogP contribution in [-0.4, -0.2) is 29.9 Å². The van der Waals surface area contributed by atoms with Crippen LogP contribution in [0.25, 0.3) is 0 Å². The fraction of sp³-hybridized carbons (Fsp3) is 0.917. The second-order valence-electron chi connectivity index (χ2n) is 5.11. The summed E-state index contributed by atoms with van der Waals surface area (Å²) in [6, 6.07) is 0.272. The quantitative estimate of drug-likeness (QED) is 0.431. The molecule has 16 heavy (non-hydrogen) atoms. The first-order valence-electron chi connectivity index (χ1n) is 6.30. The summed E-state index contributed by atoms with van der Waals surface area (Å²) < 4.78 is 0. The van der Waals surface area contributed by atoms with Gasteiger partial charge in [0.05, 0.1) is 5.92 Å². The Labute approximate surface area is 98.5 Å². The minimum absolute atomic E-state index is 0.0431. The lowest BCUT2D eigenvalue weighted by Crippen LogP contribution is -2.46. The van der Waals surface area contributed by atoms with Gasteiger partial charge in [0, 0.05) is 6.04 Å².